The number of rotatable bonds is 10. The van der Waals surface area contributed by atoms with Gasteiger partial charge in [-0.25, -0.2) is 4.79 Å². The second kappa shape index (κ2) is 12.1. The molecular weight excluding hydrogens is 508 g/mol. The number of carbonyl (C=O) groups is 3. The minimum Gasteiger partial charge on any atom is -0.492 e. The van der Waals surface area contributed by atoms with Crippen molar-refractivity contribution >= 4 is 49.3 Å². The molecular formula is C25H33B2N3O9. The number of pyridine rings is 1. The molecule has 208 valence electrons. The second-order valence-corrected chi connectivity index (χ2v) is 10.1. The Kier molecular flexibility index (Phi) is 8.86. The van der Waals surface area contributed by atoms with Crippen LogP contribution in [-0.4, -0.2) is 64.2 Å². The van der Waals surface area contributed by atoms with Crippen LogP contribution in [0.4, 0.5) is 5.69 Å². The summed E-state index contributed by atoms with van der Waals surface area (Å²) in [5.41, 5.74) is 6.11. The lowest BCUT2D eigenvalue weighted by Crippen LogP contribution is -2.40. The first-order chi connectivity index (χ1) is 18.6. The van der Waals surface area contributed by atoms with Crippen LogP contribution in [0, 0.1) is 5.92 Å². The van der Waals surface area contributed by atoms with Gasteiger partial charge in [-0.15, -0.1) is 0 Å². The molecule has 0 spiro atoms. The fourth-order valence-electron chi connectivity index (χ4n) is 5.17. The molecule has 2 aromatic rings. The van der Waals surface area contributed by atoms with E-state index < -0.39 is 30.7 Å². The number of methoxy groups -OCH3 is 1. The van der Waals surface area contributed by atoms with Crippen molar-refractivity contribution in [2.24, 2.45) is 11.7 Å². The topological polar surface area (TPSA) is 149 Å². The minimum absolute atomic E-state index is 0.0625. The summed E-state index contributed by atoms with van der Waals surface area (Å²) in [6.07, 6.45) is 4.18. The molecule has 2 atom stereocenters. The van der Waals surface area contributed by atoms with E-state index in [1.807, 2.05) is 10.6 Å². The van der Waals surface area contributed by atoms with Crippen molar-refractivity contribution in [3.05, 3.63) is 34.1 Å². The van der Waals surface area contributed by atoms with Gasteiger partial charge >= 0.3 is 13.3 Å². The van der Waals surface area contributed by atoms with E-state index in [0.29, 0.717) is 30.5 Å². The fraction of sp³-hybridized carbons (Fsp3) is 0.520. The van der Waals surface area contributed by atoms with E-state index in [2.05, 4.69) is 11.8 Å². The van der Waals surface area contributed by atoms with Crippen LogP contribution in [0.3, 0.4) is 0 Å². The second-order valence-electron chi connectivity index (χ2n) is 10.1. The molecule has 1 aliphatic carbocycles. The molecule has 14 heteroatoms. The Balaban J connectivity index is 1.75. The molecule has 1 saturated heterocycles. The van der Waals surface area contributed by atoms with Gasteiger partial charge in [0.25, 0.3) is 19.4 Å². The Morgan fingerprint density at radius 3 is 2.38 bits per heavy atom. The van der Waals surface area contributed by atoms with Crippen LogP contribution in [0.15, 0.2) is 23.1 Å². The number of hydrogen-bond acceptors (Lipinski definition) is 11. The van der Waals surface area contributed by atoms with Crippen LogP contribution in [0.5, 0.6) is 5.75 Å². The predicted molar refractivity (Wildman–Crippen MR) is 145 cm³/mol. The van der Waals surface area contributed by atoms with Gasteiger partial charge in [0.2, 0.25) is 5.43 Å². The number of carbonyl (C=O) groups excluding carboxylic acids is 3. The summed E-state index contributed by atoms with van der Waals surface area (Å²) in [6.45, 7) is 6.06. The number of benzene rings is 1. The largest absolute Gasteiger partial charge is 0.870 e. The molecule has 0 bridgehead atoms. The Labute approximate surface area is 227 Å². The lowest BCUT2D eigenvalue weighted by Gasteiger charge is -2.38. The van der Waals surface area contributed by atoms with Crippen LogP contribution >= 0.6 is 0 Å². The summed E-state index contributed by atoms with van der Waals surface area (Å²) in [5.74, 6) is -1.49. The molecule has 1 saturated carbocycles. The maximum absolute atomic E-state index is 13.5. The standard InChI is InChI=1S/C25H33B2N3O9/c1-14-9-17(26-36-13-28)11-29(10-14)21-8-7-19-22(24(21)35-4)30(18-5-6-18)12-20(23(19)33)25(34)39-27(37-15(2)31)38-16(3)32/h7-8,12,14,17-18,26H,5-6,9-11,13,28H2,1-4H3/t14?,17-/m0/s1. The molecule has 12 nitrogen and oxygen atoms in total. The molecule has 1 aliphatic heterocycles. The monoisotopic (exact) mass is 541 g/mol. The molecule has 0 amide bonds. The quantitative estimate of drug-likeness (QED) is 0.345. The highest BCUT2D eigenvalue weighted by atomic mass is 16.8. The first-order valence-electron chi connectivity index (χ1n) is 13.0. The van der Waals surface area contributed by atoms with Gasteiger partial charge in [0.05, 0.1) is 30.4 Å². The Morgan fingerprint density at radius 1 is 1.10 bits per heavy atom. The highest BCUT2D eigenvalue weighted by Gasteiger charge is 2.37. The number of aromatic nitrogens is 1. The van der Waals surface area contributed by atoms with E-state index in [0.717, 1.165) is 51.9 Å². The van der Waals surface area contributed by atoms with E-state index >= 15 is 0 Å². The summed E-state index contributed by atoms with van der Waals surface area (Å²) in [6, 6.07) is 3.58. The van der Waals surface area contributed by atoms with Gasteiger partial charge in [0.15, 0.2) is 5.75 Å². The summed E-state index contributed by atoms with van der Waals surface area (Å²) < 4.78 is 27.8. The van der Waals surface area contributed by atoms with Gasteiger partial charge in [-0.3, -0.25) is 14.4 Å². The number of nitrogens with zero attached hydrogens (tertiary/aromatic N) is 2. The number of nitrogens with two attached hydrogens (primary N) is 1. The zero-order valence-electron chi connectivity index (χ0n) is 22.6. The average Bonchev–Trinajstić information content (AvgIpc) is 3.71. The summed E-state index contributed by atoms with van der Waals surface area (Å²) in [4.78, 5) is 51.6. The van der Waals surface area contributed by atoms with E-state index in [1.165, 1.54) is 6.20 Å². The van der Waals surface area contributed by atoms with Gasteiger partial charge in [-0.05, 0) is 43.1 Å². The van der Waals surface area contributed by atoms with Crippen molar-refractivity contribution < 1.29 is 37.7 Å². The van der Waals surface area contributed by atoms with Crippen LogP contribution in [0.1, 0.15) is 56.4 Å². The van der Waals surface area contributed by atoms with Crippen molar-refractivity contribution in [3.63, 3.8) is 0 Å². The molecule has 2 fully saturated rings. The van der Waals surface area contributed by atoms with Crippen LogP contribution in [0.25, 0.3) is 10.9 Å². The molecule has 1 aromatic carbocycles. The van der Waals surface area contributed by atoms with Crippen LogP contribution in [-0.2, 0) is 28.2 Å². The lowest BCUT2D eigenvalue weighted by atomic mass is 9.72. The van der Waals surface area contributed by atoms with Crippen LogP contribution < -0.4 is 20.8 Å². The zero-order valence-corrected chi connectivity index (χ0v) is 22.6. The third kappa shape index (κ3) is 6.56. The third-order valence-electron chi connectivity index (χ3n) is 6.78. The number of fused-ring (bicyclic) bond motifs is 1. The summed E-state index contributed by atoms with van der Waals surface area (Å²) in [7, 11) is 0.215. The SMILES string of the molecule is COc1c(N2CC(C)C[C@H](BOCN)C2)ccc2c(=O)c(C(=O)OB(OC(C)=O)OC(C)=O)cn(C3CC3)c12. The average molecular weight is 541 g/mol. The summed E-state index contributed by atoms with van der Waals surface area (Å²) in [5, 5.41) is 0.279. The number of ether oxygens (including phenoxy) is 1. The van der Waals surface area contributed by atoms with Crippen molar-refractivity contribution in [3.8, 4) is 5.75 Å². The molecule has 2 N–H and O–H groups in total. The molecule has 39 heavy (non-hydrogen) atoms. The van der Waals surface area contributed by atoms with Gasteiger partial charge in [0, 0.05) is 39.2 Å². The zero-order chi connectivity index (χ0) is 28.3. The summed E-state index contributed by atoms with van der Waals surface area (Å²) >= 11 is 0. The third-order valence-corrected chi connectivity index (χ3v) is 6.78. The predicted octanol–water partition coefficient (Wildman–Crippen LogP) is 1.53. The lowest BCUT2D eigenvalue weighted by molar-refractivity contribution is -0.139. The first-order valence-corrected chi connectivity index (χ1v) is 13.0. The molecule has 2 aliphatic rings. The van der Waals surface area contributed by atoms with Gasteiger partial charge in [0.1, 0.15) is 5.56 Å². The highest BCUT2D eigenvalue weighted by Crippen LogP contribution is 2.43. The molecule has 2 heterocycles. The number of hydrogen-bond donors (Lipinski definition) is 1. The Hall–Kier alpha value is -3.51. The fourth-order valence-corrected chi connectivity index (χ4v) is 5.17. The van der Waals surface area contributed by atoms with Crippen molar-refractivity contribution in [1.82, 2.24) is 4.57 Å². The maximum Gasteiger partial charge on any atom is 0.870 e. The number of piperidine rings is 1. The van der Waals surface area contributed by atoms with E-state index in [1.54, 1.807) is 13.2 Å². The Bertz CT molecular complexity index is 1300. The number of anilines is 1. The first kappa shape index (κ1) is 28.5. The Morgan fingerprint density at radius 2 is 1.79 bits per heavy atom. The molecule has 1 aromatic heterocycles. The smallest absolute Gasteiger partial charge is 0.492 e. The molecule has 1 unspecified atom stereocenters. The van der Waals surface area contributed by atoms with E-state index in [9.17, 15) is 19.2 Å². The van der Waals surface area contributed by atoms with Crippen molar-refractivity contribution in [1.29, 1.82) is 0 Å². The van der Waals surface area contributed by atoms with Crippen LogP contribution in [0.2, 0.25) is 5.82 Å². The molecule has 4 rings (SSSR count). The molecule has 0 radical (unpaired) electrons. The van der Waals surface area contributed by atoms with Gasteiger partial charge < -0.3 is 38.6 Å². The van der Waals surface area contributed by atoms with Gasteiger partial charge in [-0.1, -0.05) is 6.92 Å². The highest BCUT2D eigenvalue weighted by molar-refractivity contribution is 6.44. The van der Waals surface area contributed by atoms with Crippen molar-refractivity contribution in [2.75, 3.05) is 31.8 Å². The van der Waals surface area contributed by atoms with Gasteiger partial charge in [-0.2, -0.15) is 0 Å². The van der Waals surface area contributed by atoms with E-state index in [4.69, 9.17) is 29.1 Å². The normalized spacial score (nSPS) is 18.8. The van der Waals surface area contributed by atoms with Crippen molar-refractivity contribution in [2.45, 2.75) is 51.9 Å². The minimum atomic E-state index is -1.91. The van der Waals surface area contributed by atoms with E-state index in [-0.39, 0.29) is 23.7 Å². The maximum atomic E-state index is 13.5.